The monoisotopic (exact) mass is 302 g/mol. The van der Waals surface area contributed by atoms with Crippen molar-refractivity contribution in [3.8, 4) is 0 Å². The van der Waals surface area contributed by atoms with Crippen molar-refractivity contribution < 1.29 is 9.59 Å². The maximum absolute atomic E-state index is 11.7. The van der Waals surface area contributed by atoms with E-state index < -0.39 is 17.7 Å². The number of benzene rings is 1. The molecule has 0 spiro atoms. The van der Waals surface area contributed by atoms with Crippen LogP contribution >= 0.6 is 35.4 Å². The molecule has 18 heavy (non-hydrogen) atoms. The molecule has 2 N–H and O–H groups in total. The largest absolute Gasteiger partial charge is 0.302 e. The third-order valence-corrected chi connectivity index (χ3v) is 3.47. The summed E-state index contributed by atoms with van der Waals surface area (Å²) in [7, 11) is 0. The van der Waals surface area contributed by atoms with Crippen LogP contribution in [0.3, 0.4) is 0 Å². The Labute approximate surface area is 119 Å². The second kappa shape index (κ2) is 5.22. The minimum absolute atomic E-state index is 0.0374. The fraction of sp³-hybridized carbons (Fsp3) is 0.182. The van der Waals surface area contributed by atoms with Crippen LogP contribution in [0, 0.1) is 5.92 Å². The smallest absolute Gasteiger partial charge is 0.239 e. The first kappa shape index (κ1) is 13.3. The number of hydrogen-bond acceptors (Lipinski definition) is 3. The maximum atomic E-state index is 11.7. The maximum Gasteiger partial charge on any atom is 0.239 e. The molecule has 0 unspecified atom stereocenters. The summed E-state index contributed by atoms with van der Waals surface area (Å²) in [5.74, 6) is -1.63. The Bertz CT molecular complexity index is 528. The highest BCUT2D eigenvalue weighted by Gasteiger charge is 2.32. The fourth-order valence-corrected chi connectivity index (χ4v) is 2.16. The van der Waals surface area contributed by atoms with E-state index in [9.17, 15) is 9.59 Å². The molecule has 1 aliphatic rings. The van der Waals surface area contributed by atoms with Crippen molar-refractivity contribution in [2.24, 2.45) is 5.92 Å². The van der Waals surface area contributed by atoms with Crippen molar-refractivity contribution in [3.05, 3.63) is 33.8 Å². The number of halogens is 2. The molecule has 0 atom stereocenters. The van der Waals surface area contributed by atoms with Gasteiger partial charge in [0.05, 0.1) is 10.0 Å². The molecule has 0 aliphatic carbocycles. The van der Waals surface area contributed by atoms with E-state index in [1.165, 1.54) is 0 Å². The van der Waals surface area contributed by atoms with Crippen LogP contribution in [0.1, 0.15) is 5.56 Å². The topological polar surface area (TPSA) is 58.2 Å². The summed E-state index contributed by atoms with van der Waals surface area (Å²) in [4.78, 5) is 23.3. The molecular formula is C11H8Cl2N2O2S. The molecule has 1 fully saturated rings. The lowest BCUT2D eigenvalue weighted by molar-refractivity contribution is -0.135. The SMILES string of the molecule is O=C1NC(=S)NC(=O)C1Cc1ccc(Cl)c(Cl)c1. The van der Waals surface area contributed by atoms with Gasteiger partial charge in [-0.25, -0.2) is 0 Å². The van der Waals surface area contributed by atoms with Crippen LogP contribution in [0.25, 0.3) is 0 Å². The third kappa shape index (κ3) is 2.80. The zero-order chi connectivity index (χ0) is 13.3. The number of amides is 2. The summed E-state index contributed by atoms with van der Waals surface area (Å²) in [6.45, 7) is 0. The van der Waals surface area contributed by atoms with Gasteiger partial charge in [0.15, 0.2) is 5.11 Å². The van der Waals surface area contributed by atoms with Gasteiger partial charge in [-0.1, -0.05) is 29.3 Å². The highest BCUT2D eigenvalue weighted by atomic mass is 35.5. The fourth-order valence-electron chi connectivity index (χ4n) is 1.64. The number of thiocarbonyl (C=S) groups is 1. The molecule has 1 aromatic rings. The average molecular weight is 303 g/mol. The minimum atomic E-state index is -0.811. The van der Waals surface area contributed by atoms with E-state index in [1.54, 1.807) is 18.2 Å². The summed E-state index contributed by atoms with van der Waals surface area (Å²) in [6, 6.07) is 4.99. The summed E-state index contributed by atoms with van der Waals surface area (Å²) in [5, 5.41) is 5.67. The van der Waals surface area contributed by atoms with Crippen molar-refractivity contribution >= 4 is 52.3 Å². The zero-order valence-corrected chi connectivity index (χ0v) is 11.3. The molecule has 0 saturated carbocycles. The van der Waals surface area contributed by atoms with Crippen LogP contribution in [0.4, 0.5) is 0 Å². The second-order valence-corrected chi connectivity index (χ2v) is 5.04. The molecule has 1 saturated heterocycles. The molecule has 0 aromatic heterocycles. The molecule has 4 nitrogen and oxygen atoms in total. The number of rotatable bonds is 2. The Hall–Kier alpha value is -1.17. The van der Waals surface area contributed by atoms with Crippen molar-refractivity contribution in [2.75, 3.05) is 0 Å². The molecule has 0 bridgehead atoms. The summed E-state index contributed by atoms with van der Waals surface area (Å²) in [6.07, 6.45) is 0.247. The van der Waals surface area contributed by atoms with Crippen molar-refractivity contribution in [3.63, 3.8) is 0 Å². The highest BCUT2D eigenvalue weighted by molar-refractivity contribution is 7.80. The van der Waals surface area contributed by atoms with Gasteiger partial charge in [0.2, 0.25) is 11.8 Å². The van der Waals surface area contributed by atoms with Gasteiger partial charge in [-0.05, 0) is 36.3 Å². The number of carbonyl (C=O) groups excluding carboxylic acids is 2. The first-order chi connectivity index (χ1) is 8.47. The van der Waals surface area contributed by atoms with Gasteiger partial charge in [-0.2, -0.15) is 0 Å². The number of carbonyl (C=O) groups is 2. The Morgan fingerprint density at radius 2 is 1.72 bits per heavy atom. The van der Waals surface area contributed by atoms with E-state index in [-0.39, 0.29) is 11.5 Å². The molecule has 7 heteroatoms. The van der Waals surface area contributed by atoms with Crippen LogP contribution in [-0.2, 0) is 16.0 Å². The molecule has 1 aliphatic heterocycles. The van der Waals surface area contributed by atoms with E-state index >= 15 is 0 Å². The van der Waals surface area contributed by atoms with Gasteiger partial charge in [0, 0.05) is 0 Å². The molecule has 94 valence electrons. The van der Waals surface area contributed by atoms with Gasteiger partial charge in [-0.15, -0.1) is 0 Å². The predicted molar refractivity (Wildman–Crippen MR) is 72.5 cm³/mol. The molecular weight excluding hydrogens is 295 g/mol. The molecule has 2 rings (SSSR count). The molecule has 1 heterocycles. The predicted octanol–water partition coefficient (Wildman–Crippen LogP) is 1.68. The third-order valence-electron chi connectivity index (χ3n) is 2.53. The Morgan fingerprint density at radius 1 is 1.11 bits per heavy atom. The van der Waals surface area contributed by atoms with Gasteiger partial charge in [-0.3, -0.25) is 9.59 Å². The van der Waals surface area contributed by atoms with Crippen LogP contribution in [0.5, 0.6) is 0 Å². The number of hydrogen-bond donors (Lipinski definition) is 2. The summed E-state index contributed by atoms with van der Waals surface area (Å²) >= 11 is 16.4. The quantitative estimate of drug-likeness (QED) is 0.645. The normalized spacial score (nSPS) is 16.4. The lowest BCUT2D eigenvalue weighted by Gasteiger charge is -2.22. The Kier molecular flexibility index (Phi) is 3.85. The highest BCUT2D eigenvalue weighted by Crippen LogP contribution is 2.24. The van der Waals surface area contributed by atoms with Crippen LogP contribution in [0.2, 0.25) is 10.0 Å². The Morgan fingerprint density at radius 3 is 2.28 bits per heavy atom. The van der Waals surface area contributed by atoms with Gasteiger partial charge in [0.25, 0.3) is 0 Å². The minimum Gasteiger partial charge on any atom is -0.302 e. The molecule has 2 amide bonds. The van der Waals surface area contributed by atoms with E-state index in [1.807, 2.05) is 0 Å². The molecule has 0 radical (unpaired) electrons. The molecule has 1 aromatic carbocycles. The van der Waals surface area contributed by atoms with Crippen LogP contribution in [-0.4, -0.2) is 16.9 Å². The van der Waals surface area contributed by atoms with E-state index in [2.05, 4.69) is 10.6 Å². The van der Waals surface area contributed by atoms with Crippen molar-refractivity contribution in [1.29, 1.82) is 0 Å². The van der Waals surface area contributed by atoms with E-state index in [0.29, 0.717) is 10.0 Å². The first-order valence-electron chi connectivity index (χ1n) is 5.07. The van der Waals surface area contributed by atoms with Crippen LogP contribution in [0.15, 0.2) is 18.2 Å². The van der Waals surface area contributed by atoms with Gasteiger partial charge in [0.1, 0.15) is 5.92 Å². The lowest BCUT2D eigenvalue weighted by Crippen LogP contribution is -2.56. The van der Waals surface area contributed by atoms with Crippen molar-refractivity contribution in [1.82, 2.24) is 10.6 Å². The number of nitrogens with one attached hydrogen (secondary N) is 2. The average Bonchev–Trinajstić information content (AvgIpc) is 2.28. The first-order valence-corrected chi connectivity index (χ1v) is 6.23. The van der Waals surface area contributed by atoms with E-state index in [0.717, 1.165) is 5.56 Å². The van der Waals surface area contributed by atoms with Gasteiger partial charge >= 0.3 is 0 Å². The Balaban J connectivity index is 2.17. The van der Waals surface area contributed by atoms with E-state index in [4.69, 9.17) is 35.4 Å². The zero-order valence-electron chi connectivity index (χ0n) is 9.00. The second-order valence-electron chi connectivity index (χ2n) is 3.81. The summed E-state index contributed by atoms with van der Waals surface area (Å²) in [5.41, 5.74) is 0.757. The van der Waals surface area contributed by atoms with Crippen LogP contribution < -0.4 is 10.6 Å². The standard InChI is InChI=1S/C11H8Cl2N2O2S/c12-7-2-1-5(4-8(7)13)3-6-9(16)14-11(18)15-10(6)17/h1-2,4,6H,3H2,(H2,14,15,16,17,18). The lowest BCUT2D eigenvalue weighted by atomic mass is 9.96. The van der Waals surface area contributed by atoms with Gasteiger partial charge < -0.3 is 10.6 Å². The summed E-state index contributed by atoms with van der Waals surface area (Å²) < 4.78 is 0. The van der Waals surface area contributed by atoms with Crippen molar-refractivity contribution in [2.45, 2.75) is 6.42 Å².